The van der Waals surface area contributed by atoms with Gasteiger partial charge in [-0.2, -0.15) is 5.01 Å². The zero-order valence-corrected chi connectivity index (χ0v) is 12.3. The summed E-state index contributed by atoms with van der Waals surface area (Å²) in [5.74, 6) is -0.465. The number of halogens is 1. The zero-order valence-electron chi connectivity index (χ0n) is 12.3. The fourth-order valence-corrected chi connectivity index (χ4v) is 2.56. The van der Waals surface area contributed by atoms with Gasteiger partial charge in [-0.25, -0.2) is 14.4 Å². The second kappa shape index (κ2) is 4.84. The number of benzene rings is 1. The summed E-state index contributed by atoms with van der Waals surface area (Å²) in [5, 5.41) is 1.02. The molecule has 0 bridgehead atoms. The minimum Gasteiger partial charge on any atom is -0.271 e. The Morgan fingerprint density at radius 1 is 1.26 bits per heavy atom. The molecule has 23 heavy (non-hydrogen) atoms. The lowest BCUT2D eigenvalue weighted by Gasteiger charge is -2.18. The van der Waals surface area contributed by atoms with E-state index in [9.17, 15) is 14.0 Å². The number of aromatic nitrogens is 2. The molecular weight excluding hydrogens is 299 g/mol. The van der Waals surface area contributed by atoms with E-state index in [1.54, 1.807) is 19.1 Å². The first kappa shape index (κ1) is 13.8. The first-order valence-electron chi connectivity index (χ1n) is 7.34. The molecule has 0 atom stereocenters. The van der Waals surface area contributed by atoms with Crippen LogP contribution in [0.4, 0.5) is 10.2 Å². The van der Waals surface area contributed by atoms with Gasteiger partial charge in [0.05, 0.1) is 10.9 Å². The zero-order chi connectivity index (χ0) is 16.1. The van der Waals surface area contributed by atoms with Crippen LogP contribution >= 0.6 is 0 Å². The van der Waals surface area contributed by atoms with Crippen molar-refractivity contribution in [3.05, 3.63) is 41.5 Å². The van der Waals surface area contributed by atoms with Gasteiger partial charge in [-0.15, -0.1) is 0 Å². The van der Waals surface area contributed by atoms with Crippen LogP contribution in [0.2, 0.25) is 0 Å². The van der Waals surface area contributed by atoms with Gasteiger partial charge in [-0.1, -0.05) is 6.07 Å². The third-order valence-electron chi connectivity index (χ3n) is 3.95. The molecule has 1 aromatic carbocycles. The molecule has 6 nitrogen and oxygen atoms in total. The van der Waals surface area contributed by atoms with Crippen LogP contribution in [-0.4, -0.2) is 26.8 Å². The molecule has 1 saturated carbocycles. The summed E-state index contributed by atoms with van der Waals surface area (Å²) in [6, 6.07) is 4.56. The Kier molecular flexibility index (Phi) is 2.90. The molecule has 1 fully saturated rings. The van der Waals surface area contributed by atoms with Crippen molar-refractivity contribution in [1.82, 2.24) is 15.0 Å². The Balaban J connectivity index is 1.82. The van der Waals surface area contributed by atoms with E-state index in [0.29, 0.717) is 16.9 Å². The highest BCUT2D eigenvalue weighted by molar-refractivity contribution is 6.16. The summed E-state index contributed by atoms with van der Waals surface area (Å²) in [5.41, 5.74) is 3.44. The molecule has 2 aromatic rings. The number of anilines is 1. The number of amides is 2. The van der Waals surface area contributed by atoms with E-state index < -0.39 is 17.6 Å². The fraction of sp³-hybridized carbons (Fsp3) is 0.250. The maximum Gasteiger partial charge on any atom is 0.275 e. The lowest BCUT2D eigenvalue weighted by molar-refractivity contribution is -0.135. The Bertz CT molecular complexity index is 889. The Morgan fingerprint density at radius 3 is 2.70 bits per heavy atom. The molecule has 0 spiro atoms. The van der Waals surface area contributed by atoms with Crippen LogP contribution in [0.5, 0.6) is 0 Å². The number of hydrogen-bond acceptors (Lipinski definition) is 5. The average molecular weight is 312 g/mol. The van der Waals surface area contributed by atoms with Gasteiger partial charge in [-0.3, -0.25) is 15.0 Å². The van der Waals surface area contributed by atoms with Gasteiger partial charge in [0.2, 0.25) is 0 Å². The summed E-state index contributed by atoms with van der Waals surface area (Å²) in [4.78, 5) is 32.6. The fourth-order valence-electron chi connectivity index (χ4n) is 2.56. The SMILES string of the molecule is CC1=CC(=O)N(Nc2nc(C3CC3)nc3cccc(F)c23)C1=O. The number of carbonyl (C=O) groups is 2. The summed E-state index contributed by atoms with van der Waals surface area (Å²) < 4.78 is 14.2. The lowest BCUT2D eigenvalue weighted by atomic mass is 10.2. The smallest absolute Gasteiger partial charge is 0.271 e. The highest BCUT2D eigenvalue weighted by Gasteiger charge is 2.32. The maximum absolute atomic E-state index is 14.2. The molecule has 1 N–H and O–H groups in total. The minimum absolute atomic E-state index is 0.139. The summed E-state index contributed by atoms with van der Waals surface area (Å²) >= 11 is 0. The van der Waals surface area contributed by atoms with Gasteiger partial charge in [0.25, 0.3) is 11.8 Å². The summed E-state index contributed by atoms with van der Waals surface area (Å²) in [7, 11) is 0. The third kappa shape index (κ3) is 2.25. The molecule has 0 unspecified atom stereocenters. The summed E-state index contributed by atoms with van der Waals surface area (Å²) in [6.07, 6.45) is 3.21. The van der Waals surface area contributed by atoms with E-state index in [4.69, 9.17) is 0 Å². The number of nitrogens with one attached hydrogen (secondary N) is 1. The third-order valence-corrected chi connectivity index (χ3v) is 3.95. The van der Waals surface area contributed by atoms with Crippen molar-refractivity contribution in [3.8, 4) is 0 Å². The Labute approximate surface area is 131 Å². The number of rotatable bonds is 3. The van der Waals surface area contributed by atoms with Crippen molar-refractivity contribution in [3.63, 3.8) is 0 Å². The molecule has 2 aliphatic rings. The van der Waals surface area contributed by atoms with E-state index in [2.05, 4.69) is 15.4 Å². The molecule has 0 radical (unpaired) electrons. The first-order chi connectivity index (χ1) is 11.0. The van der Waals surface area contributed by atoms with Gasteiger partial charge >= 0.3 is 0 Å². The number of fused-ring (bicyclic) bond motifs is 1. The van der Waals surface area contributed by atoms with Gasteiger partial charge in [0.1, 0.15) is 11.6 Å². The minimum atomic E-state index is -0.504. The van der Waals surface area contributed by atoms with Crippen LogP contribution in [0.15, 0.2) is 29.8 Å². The molecule has 0 saturated heterocycles. The van der Waals surface area contributed by atoms with Gasteiger partial charge in [-0.05, 0) is 31.9 Å². The van der Waals surface area contributed by atoms with Crippen molar-refractivity contribution in [2.45, 2.75) is 25.7 Å². The number of nitrogens with zero attached hydrogens (tertiary/aromatic N) is 3. The first-order valence-corrected chi connectivity index (χ1v) is 7.34. The second-order valence-corrected chi connectivity index (χ2v) is 5.76. The molecule has 2 heterocycles. The summed E-state index contributed by atoms with van der Waals surface area (Å²) in [6.45, 7) is 1.55. The standard InChI is InChI=1S/C16H13FN4O2/c1-8-7-12(22)21(16(8)23)20-15-13-10(17)3-2-4-11(13)18-14(19-15)9-5-6-9/h2-4,7,9H,5-6H2,1H3,(H,18,19,20). The molecule has 4 rings (SSSR count). The maximum atomic E-state index is 14.2. The van der Waals surface area contributed by atoms with Crippen LogP contribution in [0, 0.1) is 5.82 Å². The predicted octanol–water partition coefficient (Wildman–Crippen LogP) is 2.29. The van der Waals surface area contributed by atoms with E-state index >= 15 is 0 Å². The number of carbonyl (C=O) groups excluding carboxylic acids is 2. The van der Waals surface area contributed by atoms with E-state index in [1.807, 2.05) is 0 Å². The monoisotopic (exact) mass is 312 g/mol. The topological polar surface area (TPSA) is 75.2 Å². The predicted molar refractivity (Wildman–Crippen MR) is 80.7 cm³/mol. The van der Waals surface area contributed by atoms with Gasteiger partial charge in [0.15, 0.2) is 5.82 Å². The lowest BCUT2D eigenvalue weighted by Crippen LogP contribution is -2.36. The van der Waals surface area contributed by atoms with Crippen molar-refractivity contribution in [2.24, 2.45) is 0 Å². The number of hydrogen-bond donors (Lipinski definition) is 1. The van der Waals surface area contributed by atoms with Gasteiger partial charge in [0, 0.05) is 17.6 Å². The van der Waals surface area contributed by atoms with Crippen molar-refractivity contribution in [2.75, 3.05) is 5.43 Å². The van der Waals surface area contributed by atoms with Crippen molar-refractivity contribution < 1.29 is 14.0 Å². The molecule has 1 aromatic heterocycles. The molecule has 116 valence electrons. The van der Waals surface area contributed by atoms with Crippen LogP contribution in [0.1, 0.15) is 31.5 Å². The van der Waals surface area contributed by atoms with E-state index in [0.717, 1.165) is 17.9 Å². The van der Waals surface area contributed by atoms with Crippen LogP contribution in [-0.2, 0) is 9.59 Å². The molecular formula is C16H13FN4O2. The average Bonchev–Trinajstić information content (AvgIpc) is 3.32. The molecule has 2 amide bonds. The van der Waals surface area contributed by atoms with Crippen LogP contribution < -0.4 is 5.43 Å². The Hall–Kier alpha value is -2.83. The van der Waals surface area contributed by atoms with Gasteiger partial charge < -0.3 is 0 Å². The molecule has 7 heteroatoms. The molecule has 1 aliphatic carbocycles. The van der Waals surface area contributed by atoms with E-state index in [1.165, 1.54) is 12.1 Å². The highest BCUT2D eigenvalue weighted by atomic mass is 19.1. The highest BCUT2D eigenvalue weighted by Crippen LogP contribution is 2.39. The number of imide groups is 1. The number of hydrazine groups is 1. The Morgan fingerprint density at radius 2 is 2.04 bits per heavy atom. The second-order valence-electron chi connectivity index (χ2n) is 5.76. The van der Waals surface area contributed by atoms with Crippen LogP contribution in [0.3, 0.4) is 0 Å². The van der Waals surface area contributed by atoms with Crippen LogP contribution in [0.25, 0.3) is 10.9 Å². The van der Waals surface area contributed by atoms with E-state index in [-0.39, 0.29) is 17.1 Å². The normalized spacial score (nSPS) is 17.8. The molecule has 1 aliphatic heterocycles. The largest absolute Gasteiger partial charge is 0.275 e. The quantitative estimate of drug-likeness (QED) is 0.880. The van der Waals surface area contributed by atoms with Crippen molar-refractivity contribution in [1.29, 1.82) is 0 Å². The van der Waals surface area contributed by atoms with Crippen molar-refractivity contribution >= 4 is 28.5 Å².